The van der Waals surface area contributed by atoms with E-state index in [4.69, 9.17) is 0 Å². The lowest BCUT2D eigenvalue weighted by molar-refractivity contribution is 0.170. The highest BCUT2D eigenvalue weighted by atomic mass is 32.1. The molecule has 1 saturated heterocycles. The van der Waals surface area contributed by atoms with E-state index in [1.807, 2.05) is 4.90 Å². The van der Waals surface area contributed by atoms with Crippen LogP contribution >= 0.6 is 11.3 Å². The molecular formula is C15H25N3OS. The highest BCUT2D eigenvalue weighted by molar-refractivity contribution is 7.07. The molecule has 0 bridgehead atoms. The summed E-state index contributed by atoms with van der Waals surface area (Å²) < 4.78 is 0. The summed E-state index contributed by atoms with van der Waals surface area (Å²) in [6, 6.07) is 2.46. The largest absolute Gasteiger partial charge is 0.336 e. The second kappa shape index (κ2) is 7.09. The summed E-state index contributed by atoms with van der Waals surface area (Å²) in [5.74, 6) is 0.749. The van der Waals surface area contributed by atoms with E-state index in [0.717, 1.165) is 31.8 Å². The summed E-state index contributed by atoms with van der Waals surface area (Å²) in [6.45, 7) is 4.69. The molecule has 1 aromatic rings. The van der Waals surface area contributed by atoms with Gasteiger partial charge in [-0.2, -0.15) is 11.3 Å². The summed E-state index contributed by atoms with van der Waals surface area (Å²) in [7, 11) is 4.11. The molecule has 0 saturated carbocycles. The Morgan fingerprint density at radius 3 is 2.75 bits per heavy atom. The van der Waals surface area contributed by atoms with E-state index in [9.17, 15) is 4.79 Å². The van der Waals surface area contributed by atoms with Crippen molar-refractivity contribution >= 4 is 17.4 Å². The van der Waals surface area contributed by atoms with E-state index >= 15 is 0 Å². The van der Waals surface area contributed by atoms with Crippen LogP contribution in [0.15, 0.2) is 16.8 Å². The van der Waals surface area contributed by atoms with Crippen LogP contribution in [-0.4, -0.2) is 49.6 Å². The SMILES string of the molecule is CC1CCN(C(=O)NCC(c2ccsc2)N(C)C)CC1. The Morgan fingerprint density at radius 1 is 1.50 bits per heavy atom. The Balaban J connectivity index is 1.85. The molecule has 1 atom stereocenters. The van der Waals surface area contributed by atoms with Crippen LogP contribution in [0, 0.1) is 5.92 Å². The minimum atomic E-state index is 0.0824. The van der Waals surface area contributed by atoms with Gasteiger partial charge in [-0.3, -0.25) is 0 Å². The molecule has 0 aromatic carbocycles. The van der Waals surface area contributed by atoms with Crippen molar-refractivity contribution in [3.63, 3.8) is 0 Å². The molecule has 1 N–H and O–H groups in total. The number of rotatable bonds is 4. The van der Waals surface area contributed by atoms with Crippen LogP contribution in [-0.2, 0) is 0 Å². The number of hydrogen-bond acceptors (Lipinski definition) is 3. The summed E-state index contributed by atoms with van der Waals surface area (Å²) in [6.07, 6.45) is 2.24. The Bertz CT molecular complexity index is 411. The van der Waals surface area contributed by atoms with Gasteiger partial charge < -0.3 is 15.1 Å². The molecule has 1 aliphatic heterocycles. The van der Waals surface area contributed by atoms with Crippen LogP contribution in [0.3, 0.4) is 0 Å². The number of urea groups is 1. The Kier molecular flexibility index (Phi) is 5.43. The first-order valence-corrected chi connectivity index (χ1v) is 8.23. The van der Waals surface area contributed by atoms with Gasteiger partial charge in [0.1, 0.15) is 0 Å². The van der Waals surface area contributed by atoms with E-state index in [1.54, 1.807) is 11.3 Å². The number of thiophene rings is 1. The first-order valence-electron chi connectivity index (χ1n) is 7.29. The van der Waals surface area contributed by atoms with Crippen LogP contribution in [0.1, 0.15) is 31.4 Å². The van der Waals surface area contributed by atoms with Gasteiger partial charge in [0.15, 0.2) is 0 Å². The van der Waals surface area contributed by atoms with Gasteiger partial charge in [0.25, 0.3) is 0 Å². The van der Waals surface area contributed by atoms with Crippen LogP contribution in [0.2, 0.25) is 0 Å². The number of carbonyl (C=O) groups is 1. The monoisotopic (exact) mass is 295 g/mol. The van der Waals surface area contributed by atoms with Gasteiger partial charge in [-0.25, -0.2) is 4.79 Å². The van der Waals surface area contributed by atoms with Crippen molar-refractivity contribution in [1.29, 1.82) is 0 Å². The first-order chi connectivity index (χ1) is 9.58. The van der Waals surface area contributed by atoms with Gasteiger partial charge in [-0.15, -0.1) is 0 Å². The van der Waals surface area contributed by atoms with Crippen molar-refractivity contribution in [2.24, 2.45) is 5.92 Å². The lowest BCUT2D eigenvalue weighted by Gasteiger charge is -2.31. The number of nitrogens with zero attached hydrogens (tertiary/aromatic N) is 2. The summed E-state index contributed by atoms with van der Waals surface area (Å²) in [5.41, 5.74) is 1.27. The van der Waals surface area contributed by atoms with Crippen LogP contribution < -0.4 is 5.32 Å². The van der Waals surface area contributed by atoms with Crippen molar-refractivity contribution in [2.75, 3.05) is 33.7 Å². The quantitative estimate of drug-likeness (QED) is 0.927. The minimum absolute atomic E-state index is 0.0824. The zero-order chi connectivity index (χ0) is 14.5. The van der Waals surface area contributed by atoms with Crippen molar-refractivity contribution < 1.29 is 4.79 Å². The van der Waals surface area contributed by atoms with Gasteiger partial charge in [0.2, 0.25) is 0 Å². The molecule has 2 heterocycles. The number of piperidine rings is 1. The topological polar surface area (TPSA) is 35.6 Å². The third-order valence-corrected chi connectivity index (χ3v) is 4.77. The van der Waals surface area contributed by atoms with E-state index in [2.05, 4.69) is 48.1 Å². The summed E-state index contributed by atoms with van der Waals surface area (Å²) in [5, 5.41) is 7.32. The molecule has 2 amide bonds. The molecule has 1 aliphatic rings. The lowest BCUT2D eigenvalue weighted by atomic mass is 10.00. The maximum absolute atomic E-state index is 12.2. The minimum Gasteiger partial charge on any atom is -0.336 e. The third-order valence-electron chi connectivity index (χ3n) is 4.07. The van der Waals surface area contributed by atoms with E-state index in [0.29, 0.717) is 6.54 Å². The smallest absolute Gasteiger partial charge is 0.317 e. The predicted octanol–water partition coefficient (Wildman–Crippen LogP) is 2.79. The fraction of sp³-hybridized carbons (Fsp3) is 0.667. The predicted molar refractivity (Wildman–Crippen MR) is 84.1 cm³/mol. The Labute approximate surface area is 125 Å². The number of amides is 2. The van der Waals surface area contributed by atoms with Crippen molar-refractivity contribution in [3.05, 3.63) is 22.4 Å². The number of likely N-dealkylation sites (N-methyl/N-ethyl adjacent to an activating group) is 1. The molecule has 4 nitrogen and oxygen atoms in total. The molecule has 5 heteroatoms. The fourth-order valence-electron chi connectivity index (χ4n) is 2.57. The molecule has 20 heavy (non-hydrogen) atoms. The average Bonchev–Trinajstić information content (AvgIpc) is 2.93. The molecule has 2 rings (SSSR count). The molecule has 112 valence electrons. The Hall–Kier alpha value is -1.07. The number of nitrogens with one attached hydrogen (secondary N) is 1. The number of hydrogen-bond donors (Lipinski definition) is 1. The number of likely N-dealkylation sites (tertiary alicyclic amines) is 1. The van der Waals surface area contributed by atoms with Crippen LogP contribution in [0.4, 0.5) is 4.79 Å². The zero-order valence-corrected chi connectivity index (χ0v) is 13.4. The van der Waals surface area contributed by atoms with Gasteiger partial charge in [0, 0.05) is 19.6 Å². The molecular weight excluding hydrogens is 270 g/mol. The van der Waals surface area contributed by atoms with Gasteiger partial charge >= 0.3 is 6.03 Å². The van der Waals surface area contributed by atoms with Crippen LogP contribution in [0.5, 0.6) is 0 Å². The van der Waals surface area contributed by atoms with Crippen molar-refractivity contribution in [2.45, 2.75) is 25.8 Å². The van der Waals surface area contributed by atoms with E-state index < -0.39 is 0 Å². The third kappa shape index (κ3) is 3.96. The lowest BCUT2D eigenvalue weighted by Crippen LogP contribution is -2.46. The molecule has 1 aromatic heterocycles. The molecule has 0 spiro atoms. The van der Waals surface area contributed by atoms with Gasteiger partial charge in [-0.1, -0.05) is 6.92 Å². The van der Waals surface area contributed by atoms with Crippen molar-refractivity contribution in [1.82, 2.24) is 15.1 Å². The average molecular weight is 295 g/mol. The highest BCUT2D eigenvalue weighted by Gasteiger charge is 2.22. The molecule has 1 unspecified atom stereocenters. The second-order valence-corrected chi connectivity index (χ2v) is 6.67. The number of carbonyl (C=O) groups excluding carboxylic acids is 1. The van der Waals surface area contributed by atoms with E-state index in [1.165, 1.54) is 5.56 Å². The molecule has 0 aliphatic carbocycles. The first kappa shape index (κ1) is 15.3. The highest BCUT2D eigenvalue weighted by Crippen LogP contribution is 2.20. The second-order valence-electron chi connectivity index (χ2n) is 5.89. The zero-order valence-electron chi connectivity index (χ0n) is 12.6. The summed E-state index contributed by atoms with van der Waals surface area (Å²) in [4.78, 5) is 16.3. The normalized spacial score (nSPS) is 18.3. The fourth-order valence-corrected chi connectivity index (χ4v) is 3.28. The van der Waals surface area contributed by atoms with Crippen molar-refractivity contribution in [3.8, 4) is 0 Å². The Morgan fingerprint density at radius 2 is 2.20 bits per heavy atom. The van der Waals surface area contributed by atoms with Gasteiger partial charge in [-0.05, 0) is 55.2 Å². The standard InChI is InChI=1S/C15H25N3OS/c1-12-4-7-18(8-5-12)15(19)16-10-14(17(2)3)13-6-9-20-11-13/h6,9,11-12,14H,4-5,7-8,10H2,1-3H3,(H,16,19). The van der Waals surface area contributed by atoms with E-state index in [-0.39, 0.29) is 12.1 Å². The summed E-state index contributed by atoms with van der Waals surface area (Å²) >= 11 is 1.70. The van der Waals surface area contributed by atoms with Crippen LogP contribution in [0.25, 0.3) is 0 Å². The maximum Gasteiger partial charge on any atom is 0.317 e. The molecule has 0 radical (unpaired) electrons. The maximum atomic E-state index is 12.2. The molecule has 1 fully saturated rings. The van der Waals surface area contributed by atoms with Gasteiger partial charge in [0.05, 0.1) is 6.04 Å².